The molecule has 0 saturated carbocycles. The van der Waals surface area contributed by atoms with Crippen molar-refractivity contribution >= 4 is 11.6 Å². The zero-order chi connectivity index (χ0) is 13.0. The Hall–Kier alpha value is -2.29. The van der Waals surface area contributed by atoms with Crippen LogP contribution in [0.5, 0.6) is 0 Å². The lowest BCUT2D eigenvalue weighted by Gasteiger charge is -2.04. The molecular formula is C15H13NO2. The SMILES string of the molecule is Cc1ccccc1C(=O)CC(=O)c1cccnc1. The molecule has 2 aromatic rings. The molecule has 90 valence electrons. The summed E-state index contributed by atoms with van der Waals surface area (Å²) in [7, 11) is 0. The number of benzene rings is 1. The van der Waals surface area contributed by atoms with Crippen LogP contribution in [0.1, 0.15) is 32.7 Å². The highest BCUT2D eigenvalue weighted by molar-refractivity contribution is 6.13. The Morgan fingerprint density at radius 3 is 2.50 bits per heavy atom. The van der Waals surface area contributed by atoms with Gasteiger partial charge in [-0.25, -0.2) is 0 Å². The number of aromatic nitrogens is 1. The van der Waals surface area contributed by atoms with E-state index in [1.54, 1.807) is 30.5 Å². The number of carbonyl (C=O) groups is 2. The summed E-state index contributed by atoms with van der Waals surface area (Å²) in [6.45, 7) is 1.86. The quantitative estimate of drug-likeness (QED) is 0.608. The molecule has 1 aromatic carbocycles. The van der Waals surface area contributed by atoms with Crippen molar-refractivity contribution in [2.75, 3.05) is 0 Å². The van der Waals surface area contributed by atoms with E-state index in [9.17, 15) is 9.59 Å². The number of rotatable bonds is 4. The molecule has 0 bridgehead atoms. The van der Waals surface area contributed by atoms with E-state index in [2.05, 4.69) is 4.98 Å². The highest BCUT2D eigenvalue weighted by Crippen LogP contribution is 2.12. The van der Waals surface area contributed by atoms with Crippen LogP contribution in [-0.4, -0.2) is 16.6 Å². The molecule has 3 heteroatoms. The third-order valence-electron chi connectivity index (χ3n) is 2.75. The maximum atomic E-state index is 12.0. The van der Waals surface area contributed by atoms with Gasteiger partial charge in [0.05, 0.1) is 6.42 Å². The van der Waals surface area contributed by atoms with E-state index in [4.69, 9.17) is 0 Å². The van der Waals surface area contributed by atoms with Crippen molar-refractivity contribution in [3.05, 3.63) is 65.5 Å². The fraction of sp³-hybridized carbons (Fsp3) is 0.133. The molecule has 0 spiro atoms. The molecule has 0 saturated heterocycles. The summed E-state index contributed by atoms with van der Waals surface area (Å²) in [5.41, 5.74) is 1.97. The summed E-state index contributed by atoms with van der Waals surface area (Å²) in [6.07, 6.45) is 2.96. The van der Waals surface area contributed by atoms with Gasteiger partial charge < -0.3 is 0 Å². The third-order valence-corrected chi connectivity index (χ3v) is 2.75. The van der Waals surface area contributed by atoms with Gasteiger partial charge in [0.25, 0.3) is 0 Å². The van der Waals surface area contributed by atoms with Crippen LogP contribution >= 0.6 is 0 Å². The predicted octanol–water partition coefficient (Wildman–Crippen LogP) is 2.85. The van der Waals surface area contributed by atoms with E-state index in [0.717, 1.165) is 5.56 Å². The molecule has 1 heterocycles. The number of aryl methyl sites for hydroxylation is 1. The van der Waals surface area contributed by atoms with Gasteiger partial charge in [0, 0.05) is 23.5 Å². The maximum absolute atomic E-state index is 12.0. The van der Waals surface area contributed by atoms with Gasteiger partial charge in [0.2, 0.25) is 0 Å². The monoisotopic (exact) mass is 239 g/mol. The first-order chi connectivity index (χ1) is 8.68. The lowest BCUT2D eigenvalue weighted by atomic mass is 9.99. The molecule has 0 aliphatic heterocycles. The van der Waals surface area contributed by atoms with Gasteiger partial charge >= 0.3 is 0 Å². The van der Waals surface area contributed by atoms with Gasteiger partial charge in [-0.2, -0.15) is 0 Å². The molecule has 3 nitrogen and oxygen atoms in total. The molecule has 0 N–H and O–H groups in total. The smallest absolute Gasteiger partial charge is 0.172 e. The van der Waals surface area contributed by atoms with Crippen LogP contribution in [0.15, 0.2) is 48.8 Å². The minimum Gasteiger partial charge on any atom is -0.294 e. The van der Waals surface area contributed by atoms with Crippen LogP contribution in [0.3, 0.4) is 0 Å². The van der Waals surface area contributed by atoms with Crippen molar-refractivity contribution < 1.29 is 9.59 Å². The third kappa shape index (κ3) is 2.69. The lowest BCUT2D eigenvalue weighted by Crippen LogP contribution is -2.09. The Morgan fingerprint density at radius 2 is 1.83 bits per heavy atom. The molecule has 0 aliphatic rings. The first-order valence-corrected chi connectivity index (χ1v) is 5.70. The first-order valence-electron chi connectivity index (χ1n) is 5.70. The van der Waals surface area contributed by atoms with Gasteiger partial charge in [-0.05, 0) is 24.6 Å². The lowest BCUT2D eigenvalue weighted by molar-refractivity contribution is 0.0894. The summed E-state index contributed by atoms with van der Waals surface area (Å²) >= 11 is 0. The number of pyridine rings is 1. The fourth-order valence-corrected chi connectivity index (χ4v) is 1.76. The Labute approximate surface area is 105 Å². The average molecular weight is 239 g/mol. The van der Waals surface area contributed by atoms with E-state index >= 15 is 0 Å². The van der Waals surface area contributed by atoms with Crippen molar-refractivity contribution in [1.82, 2.24) is 4.98 Å². The van der Waals surface area contributed by atoms with Crippen molar-refractivity contribution in [3.8, 4) is 0 Å². The molecule has 0 aliphatic carbocycles. The molecule has 0 fully saturated rings. The number of hydrogen-bond donors (Lipinski definition) is 0. The summed E-state index contributed by atoms with van der Waals surface area (Å²) in [6, 6.07) is 10.6. The van der Waals surface area contributed by atoms with Crippen molar-refractivity contribution in [1.29, 1.82) is 0 Å². The topological polar surface area (TPSA) is 47.0 Å². The Kier molecular flexibility index (Phi) is 3.63. The summed E-state index contributed by atoms with van der Waals surface area (Å²) in [5, 5.41) is 0. The van der Waals surface area contributed by atoms with Gasteiger partial charge in [-0.3, -0.25) is 14.6 Å². The molecule has 1 aromatic heterocycles. The summed E-state index contributed by atoms with van der Waals surface area (Å²) in [5.74, 6) is -0.349. The van der Waals surface area contributed by atoms with Crippen LogP contribution in [0.4, 0.5) is 0 Å². The van der Waals surface area contributed by atoms with E-state index in [1.807, 2.05) is 19.1 Å². The normalized spacial score (nSPS) is 10.1. The van der Waals surface area contributed by atoms with Crippen LogP contribution < -0.4 is 0 Å². The Bertz CT molecular complexity index is 576. The number of ketones is 2. The van der Waals surface area contributed by atoms with E-state index in [-0.39, 0.29) is 18.0 Å². The number of carbonyl (C=O) groups excluding carboxylic acids is 2. The van der Waals surface area contributed by atoms with E-state index in [1.165, 1.54) is 6.20 Å². The Balaban J connectivity index is 2.14. The van der Waals surface area contributed by atoms with E-state index < -0.39 is 0 Å². The second-order valence-corrected chi connectivity index (χ2v) is 4.08. The van der Waals surface area contributed by atoms with Crippen molar-refractivity contribution in [2.45, 2.75) is 13.3 Å². The van der Waals surface area contributed by atoms with E-state index in [0.29, 0.717) is 11.1 Å². The zero-order valence-electron chi connectivity index (χ0n) is 10.1. The van der Waals surface area contributed by atoms with Gasteiger partial charge in [-0.15, -0.1) is 0 Å². The van der Waals surface area contributed by atoms with Crippen LogP contribution in [-0.2, 0) is 0 Å². The molecule has 0 amide bonds. The van der Waals surface area contributed by atoms with Gasteiger partial charge in [-0.1, -0.05) is 24.3 Å². The highest BCUT2D eigenvalue weighted by atomic mass is 16.1. The van der Waals surface area contributed by atoms with Gasteiger partial charge in [0.15, 0.2) is 11.6 Å². The predicted molar refractivity (Wildman–Crippen MR) is 68.7 cm³/mol. The van der Waals surface area contributed by atoms with Crippen LogP contribution in [0, 0.1) is 6.92 Å². The van der Waals surface area contributed by atoms with Crippen molar-refractivity contribution in [2.24, 2.45) is 0 Å². The summed E-state index contributed by atoms with van der Waals surface area (Å²) in [4.78, 5) is 27.8. The zero-order valence-corrected chi connectivity index (χ0v) is 10.1. The first kappa shape index (κ1) is 12.2. The molecule has 0 atom stereocenters. The summed E-state index contributed by atoms with van der Waals surface area (Å²) < 4.78 is 0. The molecule has 0 unspecified atom stereocenters. The number of hydrogen-bond acceptors (Lipinski definition) is 3. The molecular weight excluding hydrogens is 226 g/mol. The van der Waals surface area contributed by atoms with Crippen LogP contribution in [0.2, 0.25) is 0 Å². The highest BCUT2D eigenvalue weighted by Gasteiger charge is 2.14. The molecule has 2 rings (SSSR count). The average Bonchev–Trinajstić information content (AvgIpc) is 2.40. The van der Waals surface area contributed by atoms with Crippen molar-refractivity contribution in [3.63, 3.8) is 0 Å². The number of nitrogens with zero attached hydrogens (tertiary/aromatic N) is 1. The second kappa shape index (κ2) is 5.36. The molecule has 0 radical (unpaired) electrons. The number of Topliss-reactive ketones (excluding diaryl/α,β-unsaturated/α-hetero) is 2. The molecule has 18 heavy (non-hydrogen) atoms. The largest absolute Gasteiger partial charge is 0.294 e. The van der Waals surface area contributed by atoms with Gasteiger partial charge in [0.1, 0.15) is 0 Å². The second-order valence-electron chi connectivity index (χ2n) is 4.08. The minimum absolute atomic E-state index is 0.115. The Morgan fingerprint density at radius 1 is 1.06 bits per heavy atom. The van der Waals surface area contributed by atoms with Crippen LogP contribution in [0.25, 0.3) is 0 Å². The maximum Gasteiger partial charge on any atom is 0.172 e. The fourth-order valence-electron chi connectivity index (χ4n) is 1.76. The minimum atomic E-state index is -0.198. The standard InChI is InChI=1S/C15H13NO2/c1-11-5-2-3-7-13(11)15(18)9-14(17)12-6-4-8-16-10-12/h2-8,10H,9H2,1H3.